The van der Waals surface area contributed by atoms with E-state index in [9.17, 15) is 19.5 Å². The van der Waals surface area contributed by atoms with Crippen LogP contribution in [-0.2, 0) is 20.7 Å². The van der Waals surface area contributed by atoms with Crippen LogP contribution in [0.25, 0.3) is 0 Å². The summed E-state index contributed by atoms with van der Waals surface area (Å²) in [4.78, 5) is 41.7. The van der Waals surface area contributed by atoms with Gasteiger partial charge >= 0.3 is 6.09 Å². The van der Waals surface area contributed by atoms with Crippen LogP contribution in [0.1, 0.15) is 69.8 Å². The number of hydrogen-bond acceptors (Lipinski definition) is 5. The molecule has 0 spiro atoms. The third-order valence-corrected chi connectivity index (χ3v) is 5.83. The van der Waals surface area contributed by atoms with E-state index in [2.05, 4.69) is 10.6 Å². The third-order valence-electron chi connectivity index (χ3n) is 5.83. The van der Waals surface area contributed by atoms with Crippen LogP contribution in [0.2, 0.25) is 0 Å². The molecule has 0 aliphatic rings. The maximum Gasteiger partial charge on any atom is 0.408 e. The van der Waals surface area contributed by atoms with Crippen molar-refractivity contribution in [3.05, 3.63) is 64.7 Å². The fraction of sp³-hybridized carbons (Fsp3) is 0.483. The zero-order valence-electron chi connectivity index (χ0n) is 23.2. The number of phenols is 1. The molecule has 2 atom stereocenters. The SMILES string of the molecule is CCN(C(=O)C(Cc1ccc(O)cc1)NC(=O)OC(C)(C)C)C(C(=O)NC(C)C)c1ccc(C)c(C)c1. The number of nitrogens with zero attached hydrogens (tertiary/aromatic N) is 1. The van der Waals surface area contributed by atoms with Crippen LogP contribution < -0.4 is 10.6 Å². The minimum atomic E-state index is -1.000. The molecule has 0 heterocycles. The molecule has 0 radical (unpaired) electrons. The van der Waals surface area contributed by atoms with E-state index < -0.39 is 29.7 Å². The summed E-state index contributed by atoms with van der Waals surface area (Å²) in [6.45, 7) is 15.0. The van der Waals surface area contributed by atoms with Crippen molar-refractivity contribution >= 4 is 17.9 Å². The molecule has 0 bridgehead atoms. The molecule has 8 heteroatoms. The highest BCUT2D eigenvalue weighted by Crippen LogP contribution is 2.25. The molecule has 37 heavy (non-hydrogen) atoms. The molecule has 0 fully saturated rings. The second-order valence-corrected chi connectivity index (χ2v) is 10.6. The Balaban J connectivity index is 2.50. The summed E-state index contributed by atoms with van der Waals surface area (Å²) in [5.74, 6) is -0.611. The number of benzene rings is 2. The summed E-state index contributed by atoms with van der Waals surface area (Å²) in [6, 6.07) is 10.1. The van der Waals surface area contributed by atoms with Gasteiger partial charge in [0.15, 0.2) is 0 Å². The second-order valence-electron chi connectivity index (χ2n) is 10.6. The molecule has 2 aromatic rings. The molecule has 0 saturated heterocycles. The summed E-state index contributed by atoms with van der Waals surface area (Å²) in [5.41, 5.74) is 2.77. The predicted molar refractivity (Wildman–Crippen MR) is 144 cm³/mol. The first-order valence-electron chi connectivity index (χ1n) is 12.7. The first-order chi connectivity index (χ1) is 17.2. The number of ether oxygens (including phenoxy) is 1. The lowest BCUT2D eigenvalue weighted by Gasteiger charge is -2.34. The fourth-order valence-corrected chi connectivity index (χ4v) is 3.95. The van der Waals surface area contributed by atoms with Crippen LogP contribution in [0.4, 0.5) is 4.79 Å². The predicted octanol–water partition coefficient (Wildman–Crippen LogP) is 4.56. The smallest absolute Gasteiger partial charge is 0.408 e. The van der Waals surface area contributed by atoms with E-state index in [-0.39, 0.29) is 30.7 Å². The summed E-state index contributed by atoms with van der Waals surface area (Å²) >= 11 is 0. The normalized spacial score (nSPS) is 13.0. The molecular weight excluding hydrogens is 470 g/mol. The molecule has 0 aromatic heterocycles. The highest BCUT2D eigenvalue weighted by Gasteiger charge is 2.36. The zero-order chi connectivity index (χ0) is 27.9. The van der Waals surface area contributed by atoms with Crippen molar-refractivity contribution in [1.82, 2.24) is 15.5 Å². The first-order valence-corrected chi connectivity index (χ1v) is 12.7. The maximum absolute atomic E-state index is 14.0. The Morgan fingerprint density at radius 1 is 0.973 bits per heavy atom. The molecule has 8 nitrogen and oxygen atoms in total. The number of alkyl carbamates (subject to hydrolysis) is 1. The lowest BCUT2D eigenvalue weighted by Crippen LogP contribution is -2.54. The Morgan fingerprint density at radius 2 is 1.59 bits per heavy atom. The average Bonchev–Trinajstić information content (AvgIpc) is 2.78. The summed E-state index contributed by atoms with van der Waals surface area (Å²) in [6.07, 6.45) is -0.574. The van der Waals surface area contributed by atoms with Crippen LogP contribution in [-0.4, -0.2) is 52.1 Å². The average molecular weight is 512 g/mol. The Hall–Kier alpha value is -3.55. The molecule has 0 aliphatic heterocycles. The van der Waals surface area contributed by atoms with Crippen molar-refractivity contribution in [2.24, 2.45) is 0 Å². The molecule has 3 amide bonds. The fourth-order valence-electron chi connectivity index (χ4n) is 3.95. The third kappa shape index (κ3) is 8.81. The van der Waals surface area contributed by atoms with Gasteiger partial charge in [0.1, 0.15) is 23.4 Å². The van der Waals surface area contributed by atoms with Gasteiger partial charge in [-0.15, -0.1) is 0 Å². The Morgan fingerprint density at radius 3 is 2.11 bits per heavy atom. The van der Waals surface area contributed by atoms with Gasteiger partial charge < -0.3 is 25.4 Å². The van der Waals surface area contributed by atoms with Crippen LogP contribution in [0.3, 0.4) is 0 Å². The molecule has 0 saturated carbocycles. The van der Waals surface area contributed by atoms with Gasteiger partial charge in [0.25, 0.3) is 0 Å². The number of nitrogens with one attached hydrogen (secondary N) is 2. The van der Waals surface area contributed by atoms with E-state index in [0.29, 0.717) is 5.56 Å². The van der Waals surface area contributed by atoms with E-state index in [4.69, 9.17) is 4.74 Å². The standard InChI is InChI=1S/C29H41N3O5/c1-9-32(25(26(34)30-18(2)3)22-13-10-19(4)20(5)16-22)27(35)24(31-28(36)37-29(6,7)8)17-21-11-14-23(33)15-12-21/h10-16,18,24-25,33H,9,17H2,1-8H3,(H,30,34)(H,31,36). The Kier molecular flexibility index (Phi) is 10.1. The molecular formula is C29H41N3O5. The maximum atomic E-state index is 14.0. The lowest BCUT2D eigenvalue weighted by atomic mass is 9.97. The Labute approximate surface area is 220 Å². The lowest BCUT2D eigenvalue weighted by molar-refractivity contribution is -0.142. The van der Waals surface area contributed by atoms with Gasteiger partial charge in [-0.25, -0.2) is 4.79 Å². The van der Waals surface area contributed by atoms with Crippen LogP contribution in [0.5, 0.6) is 5.75 Å². The van der Waals surface area contributed by atoms with Crippen molar-refractivity contribution in [3.63, 3.8) is 0 Å². The molecule has 0 aliphatic carbocycles. The van der Waals surface area contributed by atoms with Crippen molar-refractivity contribution in [2.75, 3.05) is 6.54 Å². The van der Waals surface area contributed by atoms with Crippen LogP contribution in [0, 0.1) is 13.8 Å². The molecule has 202 valence electrons. The van der Waals surface area contributed by atoms with E-state index in [1.54, 1.807) is 39.8 Å². The highest BCUT2D eigenvalue weighted by atomic mass is 16.6. The Bertz CT molecular complexity index is 1090. The number of phenolic OH excluding ortho intramolecular Hbond substituents is 1. The molecule has 2 aromatic carbocycles. The summed E-state index contributed by atoms with van der Waals surface area (Å²) in [7, 11) is 0. The van der Waals surface area contributed by atoms with Crippen molar-refractivity contribution in [3.8, 4) is 5.75 Å². The molecule has 2 unspecified atom stereocenters. The van der Waals surface area contributed by atoms with Gasteiger partial charge in [0, 0.05) is 19.0 Å². The minimum absolute atomic E-state index is 0.0991. The quantitative estimate of drug-likeness (QED) is 0.457. The number of amides is 3. The number of likely N-dealkylation sites (N-methyl/N-ethyl adjacent to an activating group) is 1. The topological polar surface area (TPSA) is 108 Å². The van der Waals surface area contributed by atoms with Gasteiger partial charge in [0.05, 0.1) is 0 Å². The first kappa shape index (κ1) is 29.7. The molecule has 2 rings (SSSR count). The van der Waals surface area contributed by atoms with Crippen molar-refractivity contribution in [1.29, 1.82) is 0 Å². The van der Waals surface area contributed by atoms with Gasteiger partial charge in [-0.2, -0.15) is 0 Å². The number of aromatic hydroxyl groups is 1. The van der Waals surface area contributed by atoms with Gasteiger partial charge in [0.2, 0.25) is 11.8 Å². The number of carbonyl (C=O) groups is 3. The summed E-state index contributed by atoms with van der Waals surface area (Å²) < 4.78 is 5.42. The van der Waals surface area contributed by atoms with E-state index in [0.717, 1.165) is 16.7 Å². The second kappa shape index (κ2) is 12.6. The highest BCUT2D eigenvalue weighted by molar-refractivity contribution is 5.92. The zero-order valence-corrected chi connectivity index (χ0v) is 23.2. The van der Waals surface area contributed by atoms with Gasteiger partial charge in [-0.3, -0.25) is 9.59 Å². The number of rotatable bonds is 9. The van der Waals surface area contributed by atoms with E-state index in [1.807, 2.05) is 45.9 Å². The number of aryl methyl sites for hydroxylation is 2. The minimum Gasteiger partial charge on any atom is -0.508 e. The van der Waals surface area contributed by atoms with Gasteiger partial charge in [-0.1, -0.05) is 30.3 Å². The van der Waals surface area contributed by atoms with E-state index >= 15 is 0 Å². The van der Waals surface area contributed by atoms with Gasteiger partial charge in [-0.05, 0) is 89.8 Å². The largest absolute Gasteiger partial charge is 0.508 e. The number of hydrogen-bond donors (Lipinski definition) is 3. The van der Waals surface area contributed by atoms with E-state index in [1.165, 1.54) is 17.0 Å². The van der Waals surface area contributed by atoms with Crippen LogP contribution in [0.15, 0.2) is 42.5 Å². The summed E-state index contributed by atoms with van der Waals surface area (Å²) in [5, 5.41) is 15.3. The van der Waals surface area contributed by atoms with Crippen molar-refractivity contribution < 1.29 is 24.2 Å². The molecule has 3 N–H and O–H groups in total. The monoisotopic (exact) mass is 511 g/mol. The van der Waals surface area contributed by atoms with Crippen molar-refractivity contribution in [2.45, 2.75) is 85.5 Å². The van der Waals surface area contributed by atoms with Crippen LogP contribution >= 0.6 is 0 Å². The number of carbonyl (C=O) groups excluding carboxylic acids is 3.